The molecule has 0 bridgehead atoms. The fourth-order valence-corrected chi connectivity index (χ4v) is 4.70. The monoisotopic (exact) mass is 392 g/mol. The Morgan fingerprint density at radius 2 is 1.31 bits per heavy atom. The molecule has 2 nitrogen and oxygen atoms in total. The van der Waals surface area contributed by atoms with Gasteiger partial charge < -0.3 is 0 Å². The lowest BCUT2D eigenvalue weighted by Crippen LogP contribution is -2.15. The molecule has 0 saturated heterocycles. The summed E-state index contributed by atoms with van der Waals surface area (Å²) in [6.07, 6.45) is 21.5. The Labute approximate surface area is 178 Å². The number of benzene rings is 1. The summed E-state index contributed by atoms with van der Waals surface area (Å²) in [4.78, 5) is 9.19. The Balaban J connectivity index is 1.43. The van der Waals surface area contributed by atoms with E-state index in [1.54, 1.807) is 0 Å². The minimum atomic E-state index is 0.848. The van der Waals surface area contributed by atoms with Crippen LogP contribution in [0.2, 0.25) is 0 Å². The van der Waals surface area contributed by atoms with E-state index in [0.717, 1.165) is 29.6 Å². The van der Waals surface area contributed by atoms with Crippen molar-refractivity contribution in [2.75, 3.05) is 0 Å². The Morgan fingerprint density at radius 3 is 1.93 bits per heavy atom. The minimum Gasteiger partial charge on any atom is -0.236 e. The number of rotatable bonds is 11. The highest BCUT2D eigenvalue weighted by molar-refractivity contribution is 5.55. The second kappa shape index (κ2) is 12.1. The zero-order valence-electron chi connectivity index (χ0n) is 18.7. The van der Waals surface area contributed by atoms with Crippen molar-refractivity contribution in [3.63, 3.8) is 0 Å². The molecule has 0 amide bonds. The van der Waals surface area contributed by atoms with E-state index >= 15 is 0 Å². The van der Waals surface area contributed by atoms with Crippen molar-refractivity contribution >= 4 is 0 Å². The summed E-state index contributed by atoms with van der Waals surface area (Å²) in [7, 11) is 0. The van der Waals surface area contributed by atoms with Gasteiger partial charge in [0.05, 0.1) is 0 Å². The van der Waals surface area contributed by atoms with Gasteiger partial charge in [0.1, 0.15) is 0 Å². The van der Waals surface area contributed by atoms with Crippen molar-refractivity contribution in [2.24, 2.45) is 11.8 Å². The molecule has 158 valence electrons. The van der Waals surface area contributed by atoms with Crippen molar-refractivity contribution in [3.05, 3.63) is 47.8 Å². The number of nitrogens with zero attached hydrogens (tertiary/aromatic N) is 2. The molecule has 1 aliphatic carbocycles. The number of unbranched alkanes of at least 4 members (excludes halogenated alkanes) is 3. The molecule has 0 N–H and O–H groups in total. The van der Waals surface area contributed by atoms with Gasteiger partial charge in [-0.1, -0.05) is 95.9 Å². The first-order chi connectivity index (χ1) is 14.3. The van der Waals surface area contributed by atoms with Crippen LogP contribution < -0.4 is 0 Å². The zero-order valence-corrected chi connectivity index (χ0v) is 18.7. The SMILES string of the molecule is CCCCCc1cnc(-c2ccc(CC[C@H]3CC[C@H](CCCC)CC3)cc2)nc1. The van der Waals surface area contributed by atoms with E-state index in [4.69, 9.17) is 0 Å². The van der Waals surface area contributed by atoms with E-state index in [9.17, 15) is 0 Å². The number of hydrogen-bond donors (Lipinski definition) is 0. The highest BCUT2D eigenvalue weighted by atomic mass is 14.9. The predicted octanol–water partition coefficient (Wildman–Crippen LogP) is 7.81. The van der Waals surface area contributed by atoms with Gasteiger partial charge in [-0.3, -0.25) is 0 Å². The first-order valence-electron chi connectivity index (χ1n) is 12.2. The summed E-state index contributed by atoms with van der Waals surface area (Å²) in [5.74, 6) is 2.81. The molecule has 3 rings (SSSR count). The smallest absolute Gasteiger partial charge is 0.159 e. The summed E-state index contributed by atoms with van der Waals surface area (Å²) in [6, 6.07) is 8.95. The molecule has 1 saturated carbocycles. The van der Waals surface area contributed by atoms with Crippen molar-refractivity contribution in [2.45, 2.75) is 97.3 Å². The van der Waals surface area contributed by atoms with Gasteiger partial charge in [0.2, 0.25) is 0 Å². The lowest BCUT2D eigenvalue weighted by Gasteiger charge is -2.28. The van der Waals surface area contributed by atoms with Crippen LogP contribution in [0.1, 0.15) is 95.6 Å². The molecular weight excluding hydrogens is 352 g/mol. The highest BCUT2D eigenvalue weighted by Gasteiger charge is 2.20. The third-order valence-corrected chi connectivity index (χ3v) is 6.76. The van der Waals surface area contributed by atoms with E-state index < -0.39 is 0 Å². The fourth-order valence-electron chi connectivity index (χ4n) is 4.70. The maximum Gasteiger partial charge on any atom is 0.159 e. The Kier molecular flexibility index (Phi) is 9.18. The van der Waals surface area contributed by atoms with E-state index in [2.05, 4.69) is 48.1 Å². The molecule has 1 heterocycles. The van der Waals surface area contributed by atoms with Crippen LogP contribution >= 0.6 is 0 Å². The summed E-state index contributed by atoms with van der Waals surface area (Å²) >= 11 is 0. The van der Waals surface area contributed by atoms with Gasteiger partial charge in [-0.25, -0.2) is 9.97 Å². The summed E-state index contributed by atoms with van der Waals surface area (Å²) in [5, 5.41) is 0. The van der Waals surface area contributed by atoms with Crippen LogP contribution in [0.15, 0.2) is 36.7 Å². The Hall–Kier alpha value is -1.70. The largest absolute Gasteiger partial charge is 0.236 e. The number of aromatic nitrogens is 2. The standard InChI is InChI=1S/C27H40N2/c1-3-5-7-9-25-20-28-27(29-21-25)26-18-16-24(17-19-26)15-14-23-12-10-22(11-13-23)8-6-4-2/h16-23H,3-15H2,1-2H3/t22-,23-. The van der Waals surface area contributed by atoms with E-state index in [1.807, 2.05) is 12.4 Å². The summed E-state index contributed by atoms with van der Waals surface area (Å²) < 4.78 is 0. The van der Waals surface area contributed by atoms with Gasteiger partial charge in [0.15, 0.2) is 5.82 Å². The fraction of sp³-hybridized carbons (Fsp3) is 0.630. The molecule has 0 atom stereocenters. The number of aryl methyl sites for hydroxylation is 2. The van der Waals surface area contributed by atoms with Crippen molar-refractivity contribution < 1.29 is 0 Å². The molecule has 0 aliphatic heterocycles. The lowest BCUT2D eigenvalue weighted by molar-refractivity contribution is 0.250. The molecular formula is C27H40N2. The Bertz CT molecular complexity index is 681. The second-order valence-electron chi connectivity index (χ2n) is 9.14. The molecule has 1 aliphatic rings. The van der Waals surface area contributed by atoms with Gasteiger partial charge in [0.25, 0.3) is 0 Å². The van der Waals surface area contributed by atoms with E-state index in [0.29, 0.717) is 0 Å². The zero-order chi connectivity index (χ0) is 20.3. The normalized spacial score (nSPS) is 19.4. The van der Waals surface area contributed by atoms with Gasteiger partial charge in [0, 0.05) is 18.0 Å². The molecule has 1 fully saturated rings. The second-order valence-corrected chi connectivity index (χ2v) is 9.14. The van der Waals surface area contributed by atoms with Gasteiger partial charge in [-0.15, -0.1) is 0 Å². The average Bonchev–Trinajstić information content (AvgIpc) is 2.78. The average molecular weight is 393 g/mol. The van der Waals surface area contributed by atoms with Crippen LogP contribution in [0.4, 0.5) is 0 Å². The molecule has 0 spiro atoms. The molecule has 1 aromatic carbocycles. The third-order valence-electron chi connectivity index (χ3n) is 6.76. The Morgan fingerprint density at radius 1 is 0.690 bits per heavy atom. The molecule has 2 aromatic rings. The minimum absolute atomic E-state index is 0.848. The molecule has 29 heavy (non-hydrogen) atoms. The van der Waals surface area contributed by atoms with Crippen molar-refractivity contribution in [3.8, 4) is 11.4 Å². The lowest BCUT2D eigenvalue weighted by atomic mass is 9.78. The molecule has 0 unspecified atom stereocenters. The summed E-state index contributed by atoms with van der Waals surface area (Å²) in [6.45, 7) is 4.55. The maximum absolute atomic E-state index is 4.59. The first kappa shape index (κ1) is 22.0. The van der Waals surface area contributed by atoms with Crippen LogP contribution in [0.3, 0.4) is 0 Å². The number of hydrogen-bond acceptors (Lipinski definition) is 2. The topological polar surface area (TPSA) is 25.8 Å². The van der Waals surface area contributed by atoms with Crippen molar-refractivity contribution in [1.29, 1.82) is 0 Å². The first-order valence-corrected chi connectivity index (χ1v) is 12.2. The van der Waals surface area contributed by atoms with Gasteiger partial charge in [-0.2, -0.15) is 0 Å². The van der Waals surface area contributed by atoms with Crippen molar-refractivity contribution in [1.82, 2.24) is 9.97 Å². The van der Waals surface area contributed by atoms with Gasteiger partial charge in [-0.05, 0) is 48.6 Å². The van der Waals surface area contributed by atoms with Crippen LogP contribution in [-0.2, 0) is 12.8 Å². The highest BCUT2D eigenvalue weighted by Crippen LogP contribution is 2.34. The third kappa shape index (κ3) is 7.24. The van der Waals surface area contributed by atoms with Crippen LogP contribution in [-0.4, -0.2) is 9.97 Å². The summed E-state index contributed by atoms with van der Waals surface area (Å²) in [5.41, 5.74) is 3.84. The predicted molar refractivity (Wildman–Crippen MR) is 124 cm³/mol. The van der Waals surface area contributed by atoms with E-state index in [-0.39, 0.29) is 0 Å². The maximum atomic E-state index is 4.59. The molecule has 0 radical (unpaired) electrons. The van der Waals surface area contributed by atoms with Gasteiger partial charge >= 0.3 is 0 Å². The molecule has 1 aromatic heterocycles. The molecule has 2 heteroatoms. The van der Waals surface area contributed by atoms with Crippen LogP contribution in [0, 0.1) is 11.8 Å². The quantitative estimate of drug-likeness (QED) is 0.364. The van der Waals surface area contributed by atoms with Crippen LogP contribution in [0.5, 0.6) is 0 Å². The van der Waals surface area contributed by atoms with E-state index in [1.165, 1.54) is 88.2 Å². The van der Waals surface area contributed by atoms with Crippen LogP contribution in [0.25, 0.3) is 11.4 Å².